The van der Waals surface area contributed by atoms with E-state index < -0.39 is 0 Å². The highest BCUT2D eigenvalue weighted by Crippen LogP contribution is 2.66. The third kappa shape index (κ3) is 3.84. The fraction of sp³-hybridized carbons (Fsp3) is 0.846. The molecule has 0 radical (unpaired) electrons. The lowest BCUT2D eigenvalue weighted by Gasteiger charge is -2.34. The molecule has 0 aromatic heterocycles. The van der Waals surface area contributed by atoms with E-state index in [0.29, 0.717) is 37.5 Å². The zero-order valence-corrected chi connectivity index (χ0v) is 24.6. The van der Waals surface area contributed by atoms with Crippen molar-refractivity contribution in [1.29, 1.82) is 0 Å². The first-order valence-electron chi connectivity index (χ1n) is 12.8. The van der Waals surface area contributed by atoms with E-state index in [9.17, 15) is 9.59 Å². The van der Waals surface area contributed by atoms with Gasteiger partial charge >= 0.3 is 0 Å². The number of halogens is 2. The smallest absolute Gasteiger partial charge is 0.240 e. The van der Waals surface area contributed by atoms with Gasteiger partial charge in [0.1, 0.15) is 0 Å². The maximum atomic E-state index is 12.4. The van der Waals surface area contributed by atoms with Gasteiger partial charge in [-0.05, 0) is 61.2 Å². The fourth-order valence-corrected chi connectivity index (χ4v) is 10.4. The van der Waals surface area contributed by atoms with Crippen molar-refractivity contribution in [3.8, 4) is 0 Å². The van der Waals surface area contributed by atoms with Crippen LogP contribution >= 0.6 is 31.9 Å². The summed E-state index contributed by atoms with van der Waals surface area (Å²) in [5.74, 6) is 0.943. The number of nitrogens with one attached hydrogen (secondary N) is 2. The Balaban J connectivity index is 1.20. The quantitative estimate of drug-likeness (QED) is 0.216. The first kappa shape index (κ1) is 26.3. The largest absolute Gasteiger partial charge is 0.273 e. The number of hydrogen-bond acceptors (Lipinski definition) is 4. The van der Waals surface area contributed by atoms with E-state index in [1.165, 1.54) is 12.8 Å². The van der Waals surface area contributed by atoms with E-state index >= 15 is 0 Å². The van der Waals surface area contributed by atoms with Crippen LogP contribution < -0.4 is 10.9 Å². The summed E-state index contributed by atoms with van der Waals surface area (Å²) in [7, 11) is 0. The second-order valence-electron chi connectivity index (χ2n) is 12.5. The maximum absolute atomic E-state index is 12.4. The summed E-state index contributed by atoms with van der Waals surface area (Å²) in [6, 6.07) is 0. The molecular formula is C26H40Br2N4O2. The molecule has 0 aromatic carbocycles. The van der Waals surface area contributed by atoms with Gasteiger partial charge in [-0.15, -0.1) is 0 Å². The van der Waals surface area contributed by atoms with E-state index in [2.05, 4.69) is 94.5 Å². The molecule has 6 nitrogen and oxygen atoms in total. The van der Waals surface area contributed by atoms with Crippen molar-refractivity contribution in [2.75, 3.05) is 0 Å². The van der Waals surface area contributed by atoms with Gasteiger partial charge in [-0.2, -0.15) is 10.2 Å². The fourth-order valence-electron chi connectivity index (χ4n) is 7.30. The molecule has 6 unspecified atom stereocenters. The molecule has 2 amide bonds. The highest BCUT2D eigenvalue weighted by atomic mass is 79.9. The highest BCUT2D eigenvalue weighted by molar-refractivity contribution is 9.10. The molecule has 4 saturated carbocycles. The minimum absolute atomic E-state index is 0.0257. The first-order chi connectivity index (χ1) is 15.8. The van der Waals surface area contributed by atoms with Crippen LogP contribution in [0.2, 0.25) is 0 Å². The van der Waals surface area contributed by atoms with E-state index in [4.69, 9.17) is 0 Å². The van der Waals surface area contributed by atoms with Gasteiger partial charge in [0.15, 0.2) is 0 Å². The normalized spacial score (nSPS) is 41.4. The number of nitrogens with zero attached hydrogens (tertiary/aromatic N) is 2. The number of rotatable bonds is 7. The van der Waals surface area contributed by atoms with Crippen LogP contribution in [0.25, 0.3) is 0 Å². The van der Waals surface area contributed by atoms with Crippen molar-refractivity contribution in [2.45, 2.75) is 103 Å². The Hall–Kier alpha value is -0.760. The molecule has 4 aliphatic carbocycles. The summed E-state index contributed by atoms with van der Waals surface area (Å²) < 4.78 is 0. The molecule has 0 spiro atoms. The molecule has 4 bridgehead atoms. The van der Waals surface area contributed by atoms with Gasteiger partial charge in [0.25, 0.3) is 0 Å². The molecule has 4 rings (SSSR count). The molecule has 0 aromatic rings. The molecule has 0 aliphatic heterocycles. The summed E-state index contributed by atoms with van der Waals surface area (Å²) in [6.45, 7) is 13.8. The van der Waals surface area contributed by atoms with Crippen molar-refractivity contribution in [3.63, 3.8) is 0 Å². The molecule has 0 saturated heterocycles. The zero-order chi connectivity index (χ0) is 25.1. The molecule has 4 fully saturated rings. The SMILES string of the molecule is CC12CCC(C(Br)C1=NNC(=O)CCCCC(=O)NN=C1C(Br)C3CCC1(C)C3(C)C)C2(C)C. The number of hydrogen-bond donors (Lipinski definition) is 2. The molecule has 0 heterocycles. The lowest BCUT2D eigenvalue weighted by Crippen LogP contribution is -2.36. The van der Waals surface area contributed by atoms with E-state index in [1.54, 1.807) is 0 Å². The Labute approximate surface area is 221 Å². The molecule has 6 atom stereocenters. The lowest BCUT2D eigenvalue weighted by molar-refractivity contribution is -0.123. The van der Waals surface area contributed by atoms with Gasteiger partial charge in [-0.25, -0.2) is 10.9 Å². The Morgan fingerprint density at radius 1 is 0.765 bits per heavy atom. The summed E-state index contributed by atoms with van der Waals surface area (Å²) >= 11 is 7.65. The number of carbonyl (C=O) groups is 2. The summed E-state index contributed by atoms with van der Waals surface area (Å²) in [5, 5.41) is 9.11. The number of hydrazone groups is 2. The lowest BCUT2D eigenvalue weighted by atomic mass is 9.70. The monoisotopic (exact) mass is 598 g/mol. The van der Waals surface area contributed by atoms with Gasteiger partial charge in [0, 0.05) is 23.7 Å². The predicted octanol–water partition coefficient (Wildman–Crippen LogP) is 5.93. The standard InChI is InChI=1S/C26H40Br2N4O2/c1-23(2)15-11-13-25(23,5)21(19(15)27)31-29-17(33)9-7-8-10-18(34)30-32-22-20(28)16-12-14-26(22,6)24(16,3)4/h15-16,19-20H,7-14H2,1-6H3,(H,29,33)(H,30,34). The first-order valence-corrected chi connectivity index (χ1v) is 14.6. The molecule has 2 N–H and O–H groups in total. The van der Waals surface area contributed by atoms with Crippen molar-refractivity contribution in [2.24, 2.45) is 43.7 Å². The van der Waals surface area contributed by atoms with Gasteiger partial charge in [0.2, 0.25) is 11.8 Å². The number of fused-ring (bicyclic) bond motifs is 4. The number of unbranched alkanes of at least 4 members (excludes halogenated alkanes) is 1. The van der Waals surface area contributed by atoms with Crippen molar-refractivity contribution in [1.82, 2.24) is 10.9 Å². The molecule has 4 aliphatic rings. The Morgan fingerprint density at radius 3 is 1.41 bits per heavy atom. The van der Waals surface area contributed by atoms with Crippen LogP contribution in [0.1, 0.15) is 92.9 Å². The highest BCUT2D eigenvalue weighted by Gasteiger charge is 2.65. The average Bonchev–Trinajstić information content (AvgIpc) is 3.23. The molecule has 8 heteroatoms. The van der Waals surface area contributed by atoms with E-state index in [-0.39, 0.29) is 43.1 Å². The summed E-state index contributed by atoms with van der Waals surface area (Å²) in [4.78, 5) is 25.2. The number of carbonyl (C=O) groups excluding carboxylic acids is 2. The number of amides is 2. The van der Waals surface area contributed by atoms with Crippen LogP contribution in [0.5, 0.6) is 0 Å². The minimum Gasteiger partial charge on any atom is -0.273 e. The Kier molecular flexibility index (Phi) is 6.94. The summed E-state index contributed by atoms with van der Waals surface area (Å²) in [6.07, 6.45) is 6.68. The maximum Gasteiger partial charge on any atom is 0.240 e. The van der Waals surface area contributed by atoms with E-state index in [0.717, 1.165) is 24.3 Å². The topological polar surface area (TPSA) is 82.9 Å². The van der Waals surface area contributed by atoms with Gasteiger partial charge in [0.05, 0.1) is 21.1 Å². The van der Waals surface area contributed by atoms with Crippen LogP contribution in [0.4, 0.5) is 0 Å². The third-order valence-electron chi connectivity index (χ3n) is 10.6. The van der Waals surface area contributed by atoms with Gasteiger partial charge in [-0.1, -0.05) is 73.4 Å². The van der Waals surface area contributed by atoms with Crippen molar-refractivity contribution < 1.29 is 9.59 Å². The summed E-state index contributed by atoms with van der Waals surface area (Å²) in [5.41, 5.74) is 8.11. The average molecular weight is 600 g/mol. The predicted molar refractivity (Wildman–Crippen MR) is 144 cm³/mol. The molecule has 190 valence electrons. The van der Waals surface area contributed by atoms with Crippen LogP contribution in [0, 0.1) is 33.5 Å². The molecular weight excluding hydrogens is 560 g/mol. The van der Waals surface area contributed by atoms with Crippen LogP contribution in [-0.2, 0) is 9.59 Å². The van der Waals surface area contributed by atoms with Crippen molar-refractivity contribution >= 4 is 55.1 Å². The minimum atomic E-state index is -0.0868. The molecule has 34 heavy (non-hydrogen) atoms. The van der Waals surface area contributed by atoms with Crippen LogP contribution in [0.15, 0.2) is 10.2 Å². The van der Waals surface area contributed by atoms with E-state index in [1.807, 2.05) is 0 Å². The number of alkyl halides is 2. The van der Waals surface area contributed by atoms with Gasteiger partial charge < -0.3 is 0 Å². The van der Waals surface area contributed by atoms with Crippen LogP contribution in [-0.4, -0.2) is 32.9 Å². The zero-order valence-electron chi connectivity index (χ0n) is 21.4. The second-order valence-corrected chi connectivity index (χ2v) is 14.4. The second kappa shape index (κ2) is 8.97. The Morgan fingerprint density at radius 2 is 1.12 bits per heavy atom. The van der Waals surface area contributed by atoms with Crippen molar-refractivity contribution in [3.05, 3.63) is 0 Å². The Bertz CT molecular complexity index is 856. The van der Waals surface area contributed by atoms with Crippen LogP contribution in [0.3, 0.4) is 0 Å². The van der Waals surface area contributed by atoms with Gasteiger partial charge in [-0.3, -0.25) is 9.59 Å². The third-order valence-corrected chi connectivity index (χ3v) is 12.8.